The number of carbonyl (C=O) groups is 2. The number of methoxy groups -OCH3 is 1. The average molecular weight is 226 g/mol. The van der Waals surface area contributed by atoms with Crippen LogP contribution in [-0.2, 0) is 14.3 Å². The quantitative estimate of drug-likeness (QED) is 0.534. The SMILES string of the molecule is CCC1CCC(C(=O)C(CC)C(=O)OC)C1. The second-order valence-corrected chi connectivity index (χ2v) is 4.67. The van der Waals surface area contributed by atoms with Crippen LogP contribution in [0, 0.1) is 17.8 Å². The molecule has 16 heavy (non-hydrogen) atoms. The summed E-state index contributed by atoms with van der Waals surface area (Å²) in [6, 6.07) is 0. The smallest absolute Gasteiger partial charge is 0.316 e. The molecule has 1 fully saturated rings. The van der Waals surface area contributed by atoms with Gasteiger partial charge in [0, 0.05) is 5.92 Å². The minimum atomic E-state index is -0.536. The molecule has 0 amide bonds. The highest BCUT2D eigenvalue weighted by atomic mass is 16.5. The first-order valence-electron chi connectivity index (χ1n) is 6.25. The Morgan fingerprint density at radius 1 is 1.31 bits per heavy atom. The zero-order valence-corrected chi connectivity index (χ0v) is 10.5. The monoisotopic (exact) mass is 226 g/mol. The van der Waals surface area contributed by atoms with Crippen LogP contribution in [0.4, 0.5) is 0 Å². The van der Waals surface area contributed by atoms with Gasteiger partial charge in [0.25, 0.3) is 0 Å². The van der Waals surface area contributed by atoms with E-state index in [1.807, 2.05) is 6.92 Å². The fourth-order valence-electron chi connectivity index (χ4n) is 2.61. The molecule has 3 unspecified atom stereocenters. The van der Waals surface area contributed by atoms with E-state index in [1.54, 1.807) is 0 Å². The van der Waals surface area contributed by atoms with Crippen molar-refractivity contribution in [1.29, 1.82) is 0 Å². The van der Waals surface area contributed by atoms with Gasteiger partial charge in [-0.25, -0.2) is 0 Å². The van der Waals surface area contributed by atoms with Crippen LogP contribution >= 0.6 is 0 Å². The molecule has 1 aliphatic rings. The van der Waals surface area contributed by atoms with Gasteiger partial charge in [0.2, 0.25) is 0 Å². The Balaban J connectivity index is 2.59. The number of rotatable bonds is 5. The van der Waals surface area contributed by atoms with E-state index < -0.39 is 5.92 Å². The lowest BCUT2D eigenvalue weighted by Gasteiger charge is -2.16. The van der Waals surface area contributed by atoms with E-state index in [4.69, 9.17) is 0 Å². The Labute approximate surface area is 97.5 Å². The van der Waals surface area contributed by atoms with E-state index >= 15 is 0 Å². The first-order chi connectivity index (χ1) is 7.63. The molecule has 1 saturated carbocycles. The van der Waals surface area contributed by atoms with Gasteiger partial charge < -0.3 is 4.74 Å². The second kappa shape index (κ2) is 6.02. The highest BCUT2D eigenvalue weighted by molar-refractivity contribution is 6.00. The fraction of sp³-hybridized carbons (Fsp3) is 0.846. The lowest BCUT2D eigenvalue weighted by atomic mass is 9.89. The van der Waals surface area contributed by atoms with Crippen LogP contribution in [-0.4, -0.2) is 18.9 Å². The summed E-state index contributed by atoms with van der Waals surface area (Å²) in [7, 11) is 1.35. The van der Waals surface area contributed by atoms with Crippen molar-refractivity contribution in [2.45, 2.75) is 46.0 Å². The normalized spacial score (nSPS) is 26.4. The van der Waals surface area contributed by atoms with Gasteiger partial charge in [-0.3, -0.25) is 9.59 Å². The van der Waals surface area contributed by atoms with Crippen LogP contribution < -0.4 is 0 Å². The van der Waals surface area contributed by atoms with Crippen LogP contribution in [0.2, 0.25) is 0 Å². The third-order valence-corrected chi connectivity index (χ3v) is 3.76. The molecule has 0 aromatic carbocycles. The van der Waals surface area contributed by atoms with Crippen molar-refractivity contribution in [3.05, 3.63) is 0 Å². The van der Waals surface area contributed by atoms with Crippen molar-refractivity contribution in [3.8, 4) is 0 Å². The topological polar surface area (TPSA) is 43.4 Å². The molecular formula is C13H22O3. The van der Waals surface area contributed by atoms with E-state index in [0.29, 0.717) is 12.3 Å². The molecule has 0 aromatic rings. The van der Waals surface area contributed by atoms with E-state index in [0.717, 1.165) is 25.7 Å². The van der Waals surface area contributed by atoms with Crippen LogP contribution in [0.25, 0.3) is 0 Å². The molecule has 1 aliphatic carbocycles. The van der Waals surface area contributed by atoms with Crippen LogP contribution in [0.3, 0.4) is 0 Å². The molecule has 3 atom stereocenters. The summed E-state index contributed by atoms with van der Waals surface area (Å²) in [5, 5.41) is 0. The first kappa shape index (κ1) is 13.2. The Hall–Kier alpha value is -0.860. The van der Waals surface area contributed by atoms with E-state index in [2.05, 4.69) is 11.7 Å². The lowest BCUT2D eigenvalue weighted by Crippen LogP contribution is -2.29. The van der Waals surface area contributed by atoms with Gasteiger partial charge in [-0.05, 0) is 31.6 Å². The molecule has 0 N–H and O–H groups in total. The van der Waals surface area contributed by atoms with Gasteiger partial charge in [-0.1, -0.05) is 20.3 Å². The molecule has 1 rings (SSSR count). The zero-order valence-electron chi connectivity index (χ0n) is 10.5. The van der Waals surface area contributed by atoms with Gasteiger partial charge in [0.1, 0.15) is 11.7 Å². The summed E-state index contributed by atoms with van der Waals surface area (Å²) < 4.78 is 4.68. The zero-order chi connectivity index (χ0) is 12.1. The molecule has 0 saturated heterocycles. The Morgan fingerprint density at radius 3 is 2.44 bits per heavy atom. The molecule has 3 heteroatoms. The van der Waals surface area contributed by atoms with Crippen LogP contribution in [0.5, 0.6) is 0 Å². The van der Waals surface area contributed by atoms with Gasteiger partial charge >= 0.3 is 5.97 Å². The highest BCUT2D eigenvalue weighted by Gasteiger charge is 2.35. The molecule has 0 radical (unpaired) electrons. The number of hydrogen-bond donors (Lipinski definition) is 0. The number of esters is 1. The maximum atomic E-state index is 12.1. The van der Waals surface area contributed by atoms with E-state index in [9.17, 15) is 9.59 Å². The van der Waals surface area contributed by atoms with Crippen molar-refractivity contribution in [1.82, 2.24) is 0 Å². The molecular weight excluding hydrogens is 204 g/mol. The number of ketones is 1. The summed E-state index contributed by atoms with van der Waals surface area (Å²) >= 11 is 0. The van der Waals surface area contributed by atoms with E-state index in [-0.39, 0.29) is 17.7 Å². The van der Waals surface area contributed by atoms with Gasteiger partial charge in [0.15, 0.2) is 0 Å². The highest BCUT2D eigenvalue weighted by Crippen LogP contribution is 2.35. The summed E-state index contributed by atoms with van der Waals surface area (Å²) in [5.74, 6) is -0.0403. The summed E-state index contributed by atoms with van der Waals surface area (Å²) in [6.07, 6.45) is 4.73. The third-order valence-electron chi connectivity index (χ3n) is 3.76. The number of hydrogen-bond acceptors (Lipinski definition) is 3. The Kier molecular flexibility index (Phi) is 4.97. The maximum absolute atomic E-state index is 12.1. The first-order valence-corrected chi connectivity index (χ1v) is 6.25. The van der Waals surface area contributed by atoms with Crippen molar-refractivity contribution in [2.24, 2.45) is 17.8 Å². The molecule has 0 aliphatic heterocycles. The number of carbonyl (C=O) groups excluding carboxylic acids is 2. The number of ether oxygens (including phenoxy) is 1. The van der Waals surface area contributed by atoms with Crippen molar-refractivity contribution in [3.63, 3.8) is 0 Å². The number of Topliss-reactive ketones (excluding diaryl/α,β-unsaturated/α-hetero) is 1. The van der Waals surface area contributed by atoms with Crippen molar-refractivity contribution >= 4 is 11.8 Å². The Morgan fingerprint density at radius 2 is 2.00 bits per heavy atom. The van der Waals surface area contributed by atoms with Crippen LogP contribution in [0.15, 0.2) is 0 Å². The van der Waals surface area contributed by atoms with Gasteiger partial charge in [-0.2, -0.15) is 0 Å². The minimum Gasteiger partial charge on any atom is -0.468 e. The largest absolute Gasteiger partial charge is 0.468 e. The third kappa shape index (κ3) is 2.83. The van der Waals surface area contributed by atoms with E-state index in [1.165, 1.54) is 7.11 Å². The van der Waals surface area contributed by atoms with Crippen molar-refractivity contribution < 1.29 is 14.3 Å². The summed E-state index contributed by atoms with van der Waals surface area (Å²) in [4.78, 5) is 23.6. The van der Waals surface area contributed by atoms with Gasteiger partial charge in [-0.15, -0.1) is 0 Å². The molecule has 0 spiro atoms. The summed E-state index contributed by atoms with van der Waals surface area (Å²) in [5.41, 5.74) is 0. The minimum absolute atomic E-state index is 0.0917. The summed E-state index contributed by atoms with van der Waals surface area (Å²) in [6.45, 7) is 4.03. The molecule has 0 aromatic heterocycles. The maximum Gasteiger partial charge on any atom is 0.316 e. The molecule has 0 bridgehead atoms. The van der Waals surface area contributed by atoms with Gasteiger partial charge in [0.05, 0.1) is 7.11 Å². The molecule has 92 valence electrons. The predicted octanol–water partition coefficient (Wildman–Crippen LogP) is 2.58. The predicted molar refractivity (Wildman–Crippen MR) is 61.9 cm³/mol. The fourth-order valence-corrected chi connectivity index (χ4v) is 2.61. The average Bonchev–Trinajstić information content (AvgIpc) is 2.78. The molecule has 0 heterocycles. The lowest BCUT2D eigenvalue weighted by molar-refractivity contribution is -0.150. The van der Waals surface area contributed by atoms with Crippen molar-refractivity contribution in [2.75, 3.05) is 7.11 Å². The standard InChI is InChI=1S/C13H22O3/c1-4-9-6-7-10(8-9)12(14)11(5-2)13(15)16-3/h9-11H,4-8H2,1-3H3. The van der Waals surface area contributed by atoms with Crippen LogP contribution in [0.1, 0.15) is 46.0 Å². The molecule has 3 nitrogen and oxygen atoms in total. The second-order valence-electron chi connectivity index (χ2n) is 4.67. The Bertz CT molecular complexity index is 260.